The lowest BCUT2D eigenvalue weighted by molar-refractivity contribution is 0.288. The van der Waals surface area contributed by atoms with Gasteiger partial charge in [-0.15, -0.1) is 0 Å². The largest absolute Gasteiger partial charge is 0.486 e. The molecule has 0 fully saturated rings. The molecule has 0 atom stereocenters. The van der Waals surface area contributed by atoms with Gasteiger partial charge in [-0.1, -0.05) is 30.3 Å². The molecule has 1 N–H and O–H groups in total. The fourth-order valence-corrected chi connectivity index (χ4v) is 2.92. The van der Waals surface area contributed by atoms with Crippen LogP contribution in [0.5, 0.6) is 5.75 Å². The second kappa shape index (κ2) is 6.96. The molecule has 0 amide bonds. The Labute approximate surface area is 149 Å². The van der Waals surface area contributed by atoms with E-state index < -0.39 is 11.6 Å². The Morgan fingerprint density at radius 3 is 2.62 bits per heavy atom. The van der Waals surface area contributed by atoms with Crippen LogP contribution in [0, 0.1) is 11.6 Å². The summed E-state index contributed by atoms with van der Waals surface area (Å²) in [4.78, 5) is 7.25. The normalized spacial score (nSPS) is 11.0. The first-order valence-electron chi connectivity index (χ1n) is 8.26. The third kappa shape index (κ3) is 3.28. The Bertz CT molecular complexity index is 1040. The van der Waals surface area contributed by atoms with Crippen molar-refractivity contribution in [1.29, 1.82) is 0 Å². The Morgan fingerprint density at radius 1 is 0.923 bits per heavy atom. The number of halogens is 2. The Kier molecular flexibility index (Phi) is 4.35. The predicted octanol–water partition coefficient (Wildman–Crippen LogP) is 5.01. The van der Waals surface area contributed by atoms with Gasteiger partial charge in [-0.3, -0.25) is 0 Å². The van der Waals surface area contributed by atoms with E-state index in [2.05, 4.69) is 9.97 Å². The number of benzene rings is 2. The number of rotatable bonds is 5. The van der Waals surface area contributed by atoms with Crippen molar-refractivity contribution in [2.75, 3.05) is 0 Å². The van der Waals surface area contributed by atoms with Crippen molar-refractivity contribution in [3.05, 3.63) is 95.3 Å². The molecule has 26 heavy (non-hydrogen) atoms. The highest BCUT2D eigenvalue weighted by Gasteiger charge is 2.14. The quantitative estimate of drug-likeness (QED) is 0.549. The van der Waals surface area contributed by atoms with E-state index in [9.17, 15) is 8.78 Å². The van der Waals surface area contributed by atoms with E-state index in [-0.39, 0.29) is 24.3 Å². The summed E-state index contributed by atoms with van der Waals surface area (Å²) in [6.45, 7) is 0.185. The predicted molar refractivity (Wildman–Crippen MR) is 96.0 cm³/mol. The molecule has 3 nitrogen and oxygen atoms in total. The van der Waals surface area contributed by atoms with Crippen LogP contribution in [0.15, 0.2) is 67.0 Å². The molecule has 2 aromatic carbocycles. The van der Waals surface area contributed by atoms with Gasteiger partial charge >= 0.3 is 0 Å². The number of nitrogens with one attached hydrogen (secondary N) is 1. The summed E-state index contributed by atoms with van der Waals surface area (Å²) in [7, 11) is 0. The summed E-state index contributed by atoms with van der Waals surface area (Å²) in [6.07, 6.45) is 3.73. The lowest BCUT2D eigenvalue weighted by atomic mass is 10.0. The minimum atomic E-state index is -0.574. The zero-order chi connectivity index (χ0) is 17.9. The number of hydrogen-bond donors (Lipinski definition) is 1. The maximum absolute atomic E-state index is 14.5. The zero-order valence-electron chi connectivity index (χ0n) is 13.9. The minimum absolute atomic E-state index is 0.0873. The fourth-order valence-electron chi connectivity index (χ4n) is 2.92. The first-order chi connectivity index (χ1) is 12.7. The molecule has 0 saturated carbocycles. The summed E-state index contributed by atoms with van der Waals surface area (Å²) < 4.78 is 34.3. The van der Waals surface area contributed by atoms with Crippen LogP contribution >= 0.6 is 0 Å². The fraction of sp³-hybridized carbons (Fsp3) is 0.0952. The minimum Gasteiger partial charge on any atom is -0.486 e. The summed E-state index contributed by atoms with van der Waals surface area (Å²) in [5.41, 5.74) is 2.76. The maximum Gasteiger partial charge on any atom is 0.165 e. The van der Waals surface area contributed by atoms with Crippen molar-refractivity contribution >= 4 is 11.0 Å². The van der Waals surface area contributed by atoms with Crippen LogP contribution in [0.25, 0.3) is 11.0 Å². The van der Waals surface area contributed by atoms with Crippen molar-refractivity contribution in [2.45, 2.75) is 13.0 Å². The average molecular weight is 350 g/mol. The lowest BCUT2D eigenvalue weighted by Crippen LogP contribution is -2.01. The van der Waals surface area contributed by atoms with E-state index >= 15 is 0 Å². The van der Waals surface area contributed by atoms with Gasteiger partial charge in [0.1, 0.15) is 18.1 Å². The van der Waals surface area contributed by atoms with Crippen molar-refractivity contribution in [3.63, 3.8) is 0 Å². The van der Waals surface area contributed by atoms with Gasteiger partial charge in [-0.2, -0.15) is 0 Å². The van der Waals surface area contributed by atoms with Gasteiger partial charge in [0.05, 0.1) is 0 Å². The molecule has 5 heteroatoms. The molecule has 0 spiro atoms. The molecular formula is C21H16F2N2O. The molecule has 4 rings (SSSR count). The SMILES string of the molecule is Fc1cc(OCc2ccccc2)c(F)cc1Cc1c[nH]c2ncccc12. The smallest absolute Gasteiger partial charge is 0.165 e. The standard InChI is InChI=1S/C21H16F2N2O/c22-18-11-20(26-13-14-5-2-1-3-6-14)19(23)10-15(18)9-16-12-25-21-17(16)7-4-8-24-21/h1-8,10-12H,9,13H2,(H,24,25). The molecule has 4 aromatic rings. The maximum atomic E-state index is 14.5. The van der Waals surface area contributed by atoms with Gasteiger partial charge in [0, 0.05) is 30.3 Å². The van der Waals surface area contributed by atoms with Gasteiger partial charge in [0.15, 0.2) is 11.6 Å². The highest BCUT2D eigenvalue weighted by molar-refractivity contribution is 5.79. The topological polar surface area (TPSA) is 37.9 Å². The van der Waals surface area contributed by atoms with Gasteiger partial charge in [0.2, 0.25) is 0 Å². The van der Waals surface area contributed by atoms with Gasteiger partial charge < -0.3 is 9.72 Å². The van der Waals surface area contributed by atoms with E-state index in [1.54, 1.807) is 12.4 Å². The summed E-state index contributed by atoms with van der Waals surface area (Å²) in [5, 5.41) is 0.900. The van der Waals surface area contributed by atoms with Crippen LogP contribution in [0.1, 0.15) is 16.7 Å². The Morgan fingerprint density at radius 2 is 1.77 bits per heavy atom. The summed E-state index contributed by atoms with van der Waals surface area (Å²) >= 11 is 0. The second-order valence-electron chi connectivity index (χ2n) is 6.04. The highest BCUT2D eigenvalue weighted by Crippen LogP contribution is 2.26. The summed E-state index contributed by atoms with van der Waals surface area (Å²) in [6, 6.07) is 15.4. The monoisotopic (exact) mass is 350 g/mol. The molecule has 0 saturated heterocycles. The highest BCUT2D eigenvalue weighted by atomic mass is 19.1. The number of pyridine rings is 1. The molecule has 0 radical (unpaired) electrons. The van der Waals surface area contributed by atoms with Crippen LogP contribution in [0.3, 0.4) is 0 Å². The van der Waals surface area contributed by atoms with Crippen LogP contribution in [0.4, 0.5) is 8.78 Å². The van der Waals surface area contributed by atoms with Crippen molar-refractivity contribution in [3.8, 4) is 5.75 Å². The van der Waals surface area contributed by atoms with Crippen molar-refractivity contribution < 1.29 is 13.5 Å². The van der Waals surface area contributed by atoms with Crippen molar-refractivity contribution in [1.82, 2.24) is 9.97 Å². The van der Waals surface area contributed by atoms with E-state index in [0.717, 1.165) is 28.2 Å². The van der Waals surface area contributed by atoms with Crippen LogP contribution in [-0.4, -0.2) is 9.97 Å². The number of hydrogen-bond acceptors (Lipinski definition) is 2. The lowest BCUT2D eigenvalue weighted by Gasteiger charge is -2.10. The van der Waals surface area contributed by atoms with Gasteiger partial charge in [-0.25, -0.2) is 13.8 Å². The molecule has 130 valence electrons. The molecular weight excluding hydrogens is 334 g/mol. The first kappa shape index (κ1) is 16.3. The molecule has 0 aliphatic heterocycles. The average Bonchev–Trinajstić information content (AvgIpc) is 3.07. The molecule has 0 unspecified atom stereocenters. The second-order valence-corrected chi connectivity index (χ2v) is 6.04. The number of aromatic nitrogens is 2. The van der Waals surface area contributed by atoms with E-state index in [0.29, 0.717) is 0 Å². The van der Waals surface area contributed by atoms with Crippen molar-refractivity contribution in [2.24, 2.45) is 0 Å². The van der Waals surface area contributed by atoms with E-state index in [1.165, 1.54) is 6.07 Å². The Hall–Kier alpha value is -3.21. The third-order valence-corrected chi connectivity index (χ3v) is 4.26. The van der Waals surface area contributed by atoms with Gasteiger partial charge in [0.25, 0.3) is 0 Å². The number of aromatic amines is 1. The van der Waals surface area contributed by atoms with E-state index in [4.69, 9.17) is 4.74 Å². The van der Waals surface area contributed by atoms with Crippen LogP contribution in [-0.2, 0) is 13.0 Å². The molecule has 2 heterocycles. The third-order valence-electron chi connectivity index (χ3n) is 4.26. The zero-order valence-corrected chi connectivity index (χ0v) is 13.9. The molecule has 2 aromatic heterocycles. The number of nitrogens with zero attached hydrogens (tertiary/aromatic N) is 1. The van der Waals surface area contributed by atoms with Gasteiger partial charge in [-0.05, 0) is 34.9 Å². The summed E-state index contributed by atoms with van der Waals surface area (Å²) in [5.74, 6) is -1.15. The Balaban J connectivity index is 1.55. The number of H-pyrrole nitrogens is 1. The molecule has 0 aliphatic rings. The molecule has 0 aliphatic carbocycles. The number of fused-ring (bicyclic) bond motifs is 1. The van der Waals surface area contributed by atoms with Crippen LogP contribution in [0.2, 0.25) is 0 Å². The van der Waals surface area contributed by atoms with Crippen LogP contribution < -0.4 is 4.74 Å². The van der Waals surface area contributed by atoms with E-state index in [1.807, 2.05) is 42.5 Å². The molecule has 0 bridgehead atoms. The first-order valence-corrected chi connectivity index (χ1v) is 8.26. The number of ether oxygens (including phenoxy) is 1.